The molecular formula is C20H27N3O3. The summed E-state index contributed by atoms with van der Waals surface area (Å²) in [5, 5.41) is 7.08. The van der Waals surface area contributed by atoms with E-state index in [1.165, 1.54) is 0 Å². The van der Waals surface area contributed by atoms with Gasteiger partial charge in [0.25, 0.3) is 0 Å². The number of hydrogen-bond acceptors (Lipinski definition) is 5. The molecular weight excluding hydrogens is 330 g/mol. The van der Waals surface area contributed by atoms with Crippen LogP contribution in [0.15, 0.2) is 22.9 Å². The lowest BCUT2D eigenvalue weighted by Gasteiger charge is -2.29. The van der Waals surface area contributed by atoms with Gasteiger partial charge in [0.05, 0.1) is 5.69 Å². The highest BCUT2D eigenvalue weighted by molar-refractivity contribution is 5.76. The third-order valence-electron chi connectivity index (χ3n) is 4.99. The third-order valence-corrected chi connectivity index (χ3v) is 4.99. The van der Waals surface area contributed by atoms with Crippen LogP contribution in [0.3, 0.4) is 0 Å². The van der Waals surface area contributed by atoms with Gasteiger partial charge < -0.3 is 14.6 Å². The lowest BCUT2D eigenvalue weighted by atomic mass is 9.92. The summed E-state index contributed by atoms with van der Waals surface area (Å²) in [6.07, 6.45) is 6.88. The fourth-order valence-corrected chi connectivity index (χ4v) is 3.42. The highest BCUT2D eigenvalue weighted by Gasteiger charge is 2.24. The monoisotopic (exact) mass is 357 g/mol. The van der Waals surface area contributed by atoms with E-state index in [1.54, 1.807) is 0 Å². The Morgan fingerprint density at radius 3 is 2.62 bits per heavy atom. The van der Waals surface area contributed by atoms with Crippen LogP contribution in [0.1, 0.15) is 54.7 Å². The van der Waals surface area contributed by atoms with Gasteiger partial charge in [-0.15, -0.1) is 0 Å². The Bertz CT molecular complexity index is 712. The topological polar surface area (TPSA) is 77.2 Å². The molecule has 0 radical (unpaired) electrons. The summed E-state index contributed by atoms with van der Waals surface area (Å²) < 4.78 is 11.1. The molecule has 1 aliphatic rings. The van der Waals surface area contributed by atoms with Gasteiger partial charge >= 0.3 is 0 Å². The van der Waals surface area contributed by atoms with E-state index in [9.17, 15) is 4.79 Å². The predicted octanol–water partition coefficient (Wildman–Crippen LogP) is 3.43. The number of aromatic nitrogens is 2. The number of ether oxygens (including phenoxy) is 1. The molecule has 0 aromatic carbocycles. The van der Waals surface area contributed by atoms with Crippen LogP contribution >= 0.6 is 0 Å². The molecule has 0 atom stereocenters. The van der Waals surface area contributed by atoms with E-state index in [0.29, 0.717) is 18.7 Å². The maximum absolute atomic E-state index is 12.2. The van der Waals surface area contributed by atoms with Gasteiger partial charge in [0, 0.05) is 30.3 Å². The van der Waals surface area contributed by atoms with Crippen molar-refractivity contribution in [3.63, 3.8) is 0 Å². The van der Waals surface area contributed by atoms with Crippen LogP contribution in [0.5, 0.6) is 5.88 Å². The first-order valence-corrected chi connectivity index (χ1v) is 9.31. The second-order valence-corrected chi connectivity index (χ2v) is 7.14. The maximum atomic E-state index is 12.2. The summed E-state index contributed by atoms with van der Waals surface area (Å²) in [6.45, 7) is 5.81. The van der Waals surface area contributed by atoms with Crippen molar-refractivity contribution in [3.05, 3.63) is 40.9 Å². The summed E-state index contributed by atoms with van der Waals surface area (Å²) in [6, 6.07) is 4.16. The minimum atomic E-state index is 0.0922. The second-order valence-electron chi connectivity index (χ2n) is 7.14. The Hall–Kier alpha value is -2.37. The van der Waals surface area contributed by atoms with Crippen molar-refractivity contribution >= 4 is 5.91 Å². The summed E-state index contributed by atoms with van der Waals surface area (Å²) >= 11 is 0. The molecule has 2 heterocycles. The third kappa shape index (κ3) is 4.84. The Labute approximate surface area is 154 Å². The molecule has 3 rings (SSSR count). The van der Waals surface area contributed by atoms with Gasteiger partial charge in [-0.2, -0.15) is 0 Å². The van der Waals surface area contributed by atoms with Crippen molar-refractivity contribution in [2.75, 3.05) is 0 Å². The van der Waals surface area contributed by atoms with Gasteiger partial charge in [0.15, 0.2) is 0 Å². The minimum Gasteiger partial charge on any atom is -0.474 e. The van der Waals surface area contributed by atoms with E-state index in [-0.39, 0.29) is 18.1 Å². The average molecular weight is 357 g/mol. The van der Waals surface area contributed by atoms with E-state index in [1.807, 2.05) is 39.1 Å². The number of hydrogen-bond donors (Lipinski definition) is 1. The number of amides is 1. The van der Waals surface area contributed by atoms with Gasteiger partial charge in [-0.1, -0.05) is 11.2 Å². The van der Waals surface area contributed by atoms with E-state index in [0.717, 1.165) is 48.3 Å². The van der Waals surface area contributed by atoms with E-state index in [2.05, 4.69) is 15.5 Å². The average Bonchev–Trinajstić information content (AvgIpc) is 2.95. The van der Waals surface area contributed by atoms with E-state index >= 15 is 0 Å². The van der Waals surface area contributed by atoms with Gasteiger partial charge in [-0.25, -0.2) is 4.98 Å². The zero-order valence-electron chi connectivity index (χ0n) is 15.7. The van der Waals surface area contributed by atoms with E-state index in [4.69, 9.17) is 9.26 Å². The molecule has 1 N–H and O–H groups in total. The van der Waals surface area contributed by atoms with Crippen molar-refractivity contribution in [2.24, 2.45) is 0 Å². The molecule has 1 aliphatic carbocycles. The molecule has 0 bridgehead atoms. The van der Waals surface area contributed by atoms with Crippen molar-refractivity contribution in [1.29, 1.82) is 0 Å². The van der Waals surface area contributed by atoms with Crippen molar-refractivity contribution in [2.45, 2.75) is 71.4 Å². The first kappa shape index (κ1) is 18.4. The summed E-state index contributed by atoms with van der Waals surface area (Å²) in [5.41, 5.74) is 3.04. The van der Waals surface area contributed by atoms with Crippen LogP contribution in [0.4, 0.5) is 0 Å². The van der Waals surface area contributed by atoms with Crippen LogP contribution in [0.25, 0.3) is 0 Å². The second kappa shape index (κ2) is 8.34. The van der Waals surface area contributed by atoms with Gasteiger partial charge in [0.1, 0.15) is 11.9 Å². The molecule has 6 nitrogen and oxygen atoms in total. The molecule has 1 saturated carbocycles. The van der Waals surface area contributed by atoms with Gasteiger partial charge in [-0.3, -0.25) is 4.79 Å². The number of carbonyl (C=O) groups excluding carboxylic acids is 1. The van der Waals surface area contributed by atoms with Gasteiger partial charge in [0.2, 0.25) is 11.8 Å². The fraction of sp³-hybridized carbons (Fsp3) is 0.550. The van der Waals surface area contributed by atoms with Crippen molar-refractivity contribution in [1.82, 2.24) is 15.5 Å². The van der Waals surface area contributed by atoms with Gasteiger partial charge in [-0.05, 0) is 58.4 Å². The van der Waals surface area contributed by atoms with Crippen LogP contribution in [-0.4, -0.2) is 28.2 Å². The lowest BCUT2D eigenvalue weighted by molar-refractivity contribution is -0.122. The van der Waals surface area contributed by atoms with E-state index < -0.39 is 0 Å². The van der Waals surface area contributed by atoms with Crippen LogP contribution < -0.4 is 10.1 Å². The fourth-order valence-electron chi connectivity index (χ4n) is 3.42. The molecule has 1 fully saturated rings. The largest absolute Gasteiger partial charge is 0.474 e. The zero-order valence-corrected chi connectivity index (χ0v) is 15.7. The molecule has 26 heavy (non-hydrogen) atoms. The molecule has 0 saturated heterocycles. The molecule has 0 unspecified atom stereocenters. The molecule has 0 spiro atoms. The van der Waals surface area contributed by atoms with Crippen molar-refractivity contribution < 1.29 is 14.1 Å². The predicted molar refractivity (Wildman–Crippen MR) is 98.1 cm³/mol. The first-order chi connectivity index (χ1) is 12.5. The molecule has 6 heteroatoms. The highest BCUT2D eigenvalue weighted by Crippen LogP contribution is 2.23. The summed E-state index contributed by atoms with van der Waals surface area (Å²) in [7, 11) is 0. The first-order valence-electron chi connectivity index (χ1n) is 9.31. The Morgan fingerprint density at radius 1 is 1.23 bits per heavy atom. The van der Waals surface area contributed by atoms with Crippen LogP contribution in [0.2, 0.25) is 0 Å². The molecule has 140 valence electrons. The quantitative estimate of drug-likeness (QED) is 0.857. The molecule has 0 aliphatic heterocycles. The summed E-state index contributed by atoms with van der Waals surface area (Å²) in [4.78, 5) is 16.5. The smallest absolute Gasteiger partial charge is 0.220 e. The number of pyridine rings is 1. The summed E-state index contributed by atoms with van der Waals surface area (Å²) in [5.74, 6) is 1.58. The minimum absolute atomic E-state index is 0.0922. The lowest BCUT2D eigenvalue weighted by Crippen LogP contribution is -2.39. The normalized spacial score (nSPS) is 20.0. The number of rotatable bonds is 6. The standard InChI is InChI=1S/C20H27N3O3/c1-13-4-11-20(21-12-13)25-17-7-5-16(6-8-17)22-19(24)10-9-18-14(2)23-26-15(18)3/h4,11-12,16-17H,5-10H2,1-3H3,(H,22,24). The highest BCUT2D eigenvalue weighted by atomic mass is 16.5. The molecule has 2 aromatic rings. The Balaban J connectivity index is 1.39. The molecule has 1 amide bonds. The number of nitrogens with zero attached hydrogens (tertiary/aromatic N) is 2. The number of aryl methyl sites for hydroxylation is 3. The zero-order chi connectivity index (χ0) is 18.5. The SMILES string of the molecule is Cc1ccc(OC2CCC(NC(=O)CCc3c(C)noc3C)CC2)nc1. The molecule has 2 aromatic heterocycles. The van der Waals surface area contributed by atoms with Crippen molar-refractivity contribution in [3.8, 4) is 5.88 Å². The number of carbonyl (C=O) groups is 1. The van der Waals surface area contributed by atoms with Crippen LogP contribution in [-0.2, 0) is 11.2 Å². The number of nitrogens with one attached hydrogen (secondary N) is 1. The Morgan fingerprint density at radius 2 is 2.00 bits per heavy atom. The maximum Gasteiger partial charge on any atom is 0.220 e. The Kier molecular flexibility index (Phi) is 5.91. The van der Waals surface area contributed by atoms with Crippen LogP contribution in [0, 0.1) is 20.8 Å².